The number of amides is 1. The van der Waals surface area contributed by atoms with Crippen LogP contribution in [0.25, 0.3) is 23.0 Å². The molecular weight excluding hydrogens is 455 g/mol. The van der Waals surface area contributed by atoms with Crippen molar-refractivity contribution in [1.82, 2.24) is 4.90 Å². The SMILES string of the molecule is CCC(CCCN(CC)CC)C(=O)c1ccccc1-c1ccc(C=C2C(=O)Nc3ccc(F)cc32)o1. The van der Waals surface area contributed by atoms with Crippen LogP contribution in [0.5, 0.6) is 0 Å². The molecule has 1 aliphatic heterocycles. The molecule has 0 aliphatic carbocycles. The molecule has 1 aliphatic rings. The first-order chi connectivity index (χ1) is 17.4. The zero-order chi connectivity index (χ0) is 25.7. The second-order valence-electron chi connectivity index (χ2n) is 9.09. The van der Waals surface area contributed by atoms with E-state index in [1.54, 1.807) is 24.3 Å². The average Bonchev–Trinajstić information content (AvgIpc) is 3.48. The number of rotatable bonds is 11. The molecule has 4 rings (SSSR count). The normalized spacial score (nSPS) is 14.8. The van der Waals surface area contributed by atoms with Gasteiger partial charge in [0.2, 0.25) is 0 Å². The highest BCUT2D eigenvalue weighted by molar-refractivity contribution is 6.34. The average molecular weight is 489 g/mol. The maximum absolute atomic E-state index is 13.8. The number of carbonyl (C=O) groups is 2. The summed E-state index contributed by atoms with van der Waals surface area (Å²) in [7, 11) is 0. The number of halogens is 1. The Bertz CT molecular complexity index is 1270. The third-order valence-electron chi connectivity index (χ3n) is 6.92. The fraction of sp³-hybridized carbons (Fsp3) is 0.333. The van der Waals surface area contributed by atoms with Crippen LogP contribution in [-0.2, 0) is 4.79 Å². The lowest BCUT2D eigenvalue weighted by atomic mass is 9.88. The standard InChI is InChI=1S/C30H33FN2O3/c1-4-20(10-9-17-33(5-2)6-3)29(34)24-12-8-7-11-23(24)28-16-14-22(36-28)19-26-25-18-21(31)13-15-27(25)32-30(26)35/h7-8,11-16,18-20H,4-6,9-10,17H2,1-3H3,(H,32,35). The third-order valence-corrected chi connectivity index (χ3v) is 6.92. The van der Waals surface area contributed by atoms with E-state index in [-0.39, 0.29) is 17.6 Å². The van der Waals surface area contributed by atoms with Crippen LogP contribution in [0.4, 0.5) is 10.1 Å². The summed E-state index contributed by atoms with van der Waals surface area (Å²) in [6, 6.07) is 15.3. The van der Waals surface area contributed by atoms with Gasteiger partial charge in [-0.3, -0.25) is 9.59 Å². The molecule has 1 aromatic heterocycles. The van der Waals surface area contributed by atoms with Crippen molar-refractivity contribution in [3.8, 4) is 11.3 Å². The van der Waals surface area contributed by atoms with E-state index in [1.165, 1.54) is 12.1 Å². The van der Waals surface area contributed by atoms with Crippen LogP contribution < -0.4 is 5.32 Å². The molecule has 0 radical (unpaired) electrons. The van der Waals surface area contributed by atoms with E-state index in [2.05, 4.69) is 31.0 Å². The Hall–Kier alpha value is -3.51. The summed E-state index contributed by atoms with van der Waals surface area (Å²) >= 11 is 0. The molecule has 0 fully saturated rings. The summed E-state index contributed by atoms with van der Waals surface area (Å²) in [4.78, 5) is 28.4. The first kappa shape index (κ1) is 25.6. The Kier molecular flexibility index (Phi) is 8.16. The molecule has 188 valence electrons. The van der Waals surface area contributed by atoms with Crippen molar-refractivity contribution in [3.05, 3.63) is 77.3 Å². The molecule has 1 atom stereocenters. The molecule has 1 unspecified atom stereocenters. The third kappa shape index (κ3) is 5.49. The van der Waals surface area contributed by atoms with Crippen LogP contribution in [0, 0.1) is 11.7 Å². The molecule has 0 saturated heterocycles. The van der Waals surface area contributed by atoms with Gasteiger partial charge in [0.25, 0.3) is 5.91 Å². The fourth-order valence-electron chi connectivity index (χ4n) is 4.78. The predicted octanol–water partition coefficient (Wildman–Crippen LogP) is 6.91. The number of furan rings is 1. The topological polar surface area (TPSA) is 62.6 Å². The summed E-state index contributed by atoms with van der Waals surface area (Å²) in [5.41, 5.74) is 2.79. The number of ketones is 1. The molecule has 0 bridgehead atoms. The predicted molar refractivity (Wildman–Crippen MR) is 142 cm³/mol. The van der Waals surface area contributed by atoms with Crippen LogP contribution in [-0.4, -0.2) is 36.2 Å². The van der Waals surface area contributed by atoms with Crippen LogP contribution in [0.3, 0.4) is 0 Å². The van der Waals surface area contributed by atoms with Crippen LogP contribution >= 0.6 is 0 Å². The highest BCUT2D eigenvalue weighted by atomic mass is 19.1. The van der Waals surface area contributed by atoms with Gasteiger partial charge in [-0.15, -0.1) is 0 Å². The second kappa shape index (κ2) is 11.5. The first-order valence-electron chi connectivity index (χ1n) is 12.7. The van der Waals surface area contributed by atoms with Gasteiger partial charge >= 0.3 is 0 Å². The summed E-state index contributed by atoms with van der Waals surface area (Å²) in [5.74, 6) is 0.378. The van der Waals surface area contributed by atoms with E-state index in [1.807, 2.05) is 24.3 Å². The molecular formula is C30H33FN2O3. The van der Waals surface area contributed by atoms with Gasteiger partial charge in [-0.25, -0.2) is 4.39 Å². The molecule has 1 N–H and O–H groups in total. The molecule has 0 saturated carbocycles. The van der Waals surface area contributed by atoms with Crippen molar-refractivity contribution < 1.29 is 18.4 Å². The lowest BCUT2D eigenvalue weighted by Crippen LogP contribution is -2.25. The van der Waals surface area contributed by atoms with E-state index in [0.29, 0.717) is 33.9 Å². The zero-order valence-electron chi connectivity index (χ0n) is 21.1. The van der Waals surface area contributed by atoms with Gasteiger partial charge in [0.1, 0.15) is 17.3 Å². The van der Waals surface area contributed by atoms with Crippen LogP contribution in [0.2, 0.25) is 0 Å². The van der Waals surface area contributed by atoms with Gasteiger partial charge in [-0.1, -0.05) is 45.0 Å². The minimum Gasteiger partial charge on any atom is -0.457 e. The number of carbonyl (C=O) groups excluding carboxylic acids is 2. The summed E-state index contributed by atoms with van der Waals surface area (Å²) in [5, 5.41) is 2.74. The minimum atomic E-state index is -0.411. The highest BCUT2D eigenvalue weighted by Crippen LogP contribution is 2.35. The summed E-state index contributed by atoms with van der Waals surface area (Å²) < 4.78 is 19.8. The van der Waals surface area contributed by atoms with E-state index < -0.39 is 5.82 Å². The number of hydrogen-bond donors (Lipinski definition) is 1. The number of fused-ring (bicyclic) bond motifs is 1. The number of anilines is 1. The molecule has 3 aromatic rings. The largest absolute Gasteiger partial charge is 0.457 e. The summed E-state index contributed by atoms with van der Waals surface area (Å²) in [6.45, 7) is 9.41. The van der Waals surface area contributed by atoms with E-state index >= 15 is 0 Å². The van der Waals surface area contributed by atoms with Gasteiger partial charge in [-0.2, -0.15) is 0 Å². The first-order valence-corrected chi connectivity index (χ1v) is 12.7. The lowest BCUT2D eigenvalue weighted by Gasteiger charge is -2.20. The lowest BCUT2D eigenvalue weighted by molar-refractivity contribution is -0.110. The van der Waals surface area contributed by atoms with Gasteiger partial charge in [0, 0.05) is 28.3 Å². The van der Waals surface area contributed by atoms with Gasteiger partial charge in [-0.05, 0) is 75.3 Å². The van der Waals surface area contributed by atoms with Gasteiger partial charge < -0.3 is 14.6 Å². The van der Waals surface area contributed by atoms with Crippen molar-refractivity contribution in [3.63, 3.8) is 0 Å². The Labute approximate surface area is 212 Å². The fourth-order valence-corrected chi connectivity index (χ4v) is 4.78. The van der Waals surface area contributed by atoms with Crippen LogP contribution in [0.15, 0.2) is 59.0 Å². The Morgan fingerprint density at radius 1 is 1.06 bits per heavy atom. The quantitative estimate of drug-likeness (QED) is 0.235. The Morgan fingerprint density at radius 2 is 1.83 bits per heavy atom. The number of hydrogen-bond acceptors (Lipinski definition) is 4. The van der Waals surface area contributed by atoms with Crippen molar-refractivity contribution in [2.24, 2.45) is 5.92 Å². The maximum Gasteiger partial charge on any atom is 0.256 e. The maximum atomic E-state index is 13.8. The number of Topliss-reactive ketones (excluding diaryl/α,β-unsaturated/α-hetero) is 1. The zero-order valence-corrected chi connectivity index (χ0v) is 21.1. The van der Waals surface area contributed by atoms with E-state index in [0.717, 1.165) is 44.5 Å². The number of nitrogens with one attached hydrogen (secondary N) is 1. The second-order valence-corrected chi connectivity index (χ2v) is 9.09. The van der Waals surface area contributed by atoms with E-state index in [9.17, 15) is 14.0 Å². The van der Waals surface area contributed by atoms with Crippen molar-refractivity contribution in [2.75, 3.05) is 25.0 Å². The molecule has 0 spiro atoms. The van der Waals surface area contributed by atoms with Crippen molar-refractivity contribution >= 4 is 29.0 Å². The number of nitrogens with zero attached hydrogens (tertiary/aromatic N) is 1. The monoisotopic (exact) mass is 488 g/mol. The molecule has 1 amide bonds. The van der Waals surface area contributed by atoms with E-state index in [4.69, 9.17) is 4.42 Å². The van der Waals surface area contributed by atoms with Crippen molar-refractivity contribution in [1.29, 1.82) is 0 Å². The molecule has 2 heterocycles. The van der Waals surface area contributed by atoms with Gasteiger partial charge in [0.15, 0.2) is 5.78 Å². The summed E-state index contributed by atoms with van der Waals surface area (Å²) in [6.07, 6.45) is 4.22. The van der Waals surface area contributed by atoms with Crippen LogP contribution in [0.1, 0.15) is 61.7 Å². The molecule has 6 heteroatoms. The van der Waals surface area contributed by atoms with Crippen molar-refractivity contribution in [2.45, 2.75) is 40.0 Å². The Balaban J connectivity index is 1.56. The Morgan fingerprint density at radius 3 is 2.58 bits per heavy atom. The minimum absolute atomic E-state index is 0.0492. The molecule has 5 nitrogen and oxygen atoms in total. The highest BCUT2D eigenvalue weighted by Gasteiger charge is 2.26. The number of benzene rings is 2. The van der Waals surface area contributed by atoms with Gasteiger partial charge in [0.05, 0.1) is 5.57 Å². The molecule has 2 aromatic carbocycles. The smallest absolute Gasteiger partial charge is 0.256 e. The molecule has 36 heavy (non-hydrogen) atoms.